The Morgan fingerprint density at radius 2 is 1.75 bits per heavy atom. The third-order valence-electron chi connectivity index (χ3n) is 4.12. The van der Waals surface area contributed by atoms with Gasteiger partial charge in [-0.2, -0.15) is 5.26 Å². The molecule has 0 saturated heterocycles. The van der Waals surface area contributed by atoms with Gasteiger partial charge in [-0.1, -0.05) is 0 Å². The van der Waals surface area contributed by atoms with Crippen LogP contribution in [0.4, 0.5) is 5.69 Å². The highest BCUT2D eigenvalue weighted by Gasteiger charge is 2.13. The van der Waals surface area contributed by atoms with E-state index in [0.29, 0.717) is 11.3 Å². The molecule has 8 heteroatoms. The van der Waals surface area contributed by atoms with Gasteiger partial charge in [0.2, 0.25) is 0 Å². The third-order valence-corrected chi connectivity index (χ3v) is 4.12. The van der Waals surface area contributed by atoms with Gasteiger partial charge in [0.15, 0.2) is 0 Å². The summed E-state index contributed by atoms with van der Waals surface area (Å²) in [6.07, 6.45) is 0. The lowest BCUT2D eigenvalue weighted by atomic mass is 10.2. The highest BCUT2D eigenvalue weighted by atomic mass is 16.6. The molecule has 140 valence electrons. The highest BCUT2D eigenvalue weighted by molar-refractivity contribution is 6.00. The van der Waals surface area contributed by atoms with Crippen molar-refractivity contribution in [1.29, 1.82) is 5.26 Å². The summed E-state index contributed by atoms with van der Waals surface area (Å²) in [6.45, 7) is 3.78. The number of amides is 1. The van der Waals surface area contributed by atoms with Crippen molar-refractivity contribution in [2.45, 2.75) is 13.8 Å². The molecule has 2 aromatic carbocycles. The molecule has 0 radical (unpaired) electrons. The summed E-state index contributed by atoms with van der Waals surface area (Å²) in [6, 6.07) is 15.8. The van der Waals surface area contributed by atoms with Crippen LogP contribution in [0.5, 0.6) is 11.5 Å². The number of benzene rings is 2. The first-order valence-electron chi connectivity index (χ1n) is 8.32. The molecule has 0 saturated carbocycles. The van der Waals surface area contributed by atoms with Gasteiger partial charge in [0.25, 0.3) is 11.6 Å². The molecule has 0 aliphatic heterocycles. The second kappa shape index (κ2) is 7.63. The normalized spacial score (nSPS) is 10.2. The number of aryl methyl sites for hydroxylation is 2. The molecule has 3 rings (SSSR count). The number of non-ortho nitro benzene ring substituents is 1. The van der Waals surface area contributed by atoms with Crippen molar-refractivity contribution in [2.75, 3.05) is 5.43 Å². The van der Waals surface area contributed by atoms with Gasteiger partial charge in [0.1, 0.15) is 23.1 Å². The Morgan fingerprint density at radius 3 is 2.32 bits per heavy atom. The molecule has 0 spiro atoms. The predicted molar refractivity (Wildman–Crippen MR) is 102 cm³/mol. The summed E-state index contributed by atoms with van der Waals surface area (Å²) >= 11 is 0. The Labute approximate surface area is 160 Å². The SMILES string of the molecule is Cc1ccc(C)n1NC(=O)c1ccc(Oc2ccc([N+](=O)[O-])cc2C#N)cc1. The average molecular weight is 376 g/mol. The molecule has 8 nitrogen and oxygen atoms in total. The molecule has 0 atom stereocenters. The maximum atomic E-state index is 12.4. The van der Waals surface area contributed by atoms with Crippen LogP contribution in [-0.4, -0.2) is 15.5 Å². The summed E-state index contributed by atoms with van der Waals surface area (Å²) in [5.41, 5.74) is 4.93. The van der Waals surface area contributed by atoms with Crippen molar-refractivity contribution < 1.29 is 14.5 Å². The number of carbonyl (C=O) groups excluding carboxylic acids is 1. The zero-order chi connectivity index (χ0) is 20.3. The minimum Gasteiger partial charge on any atom is -0.456 e. The number of carbonyl (C=O) groups is 1. The molecular formula is C20H16N4O4. The second-order valence-electron chi connectivity index (χ2n) is 6.07. The van der Waals surface area contributed by atoms with E-state index >= 15 is 0 Å². The van der Waals surface area contributed by atoms with Gasteiger partial charge in [0, 0.05) is 29.1 Å². The summed E-state index contributed by atoms with van der Waals surface area (Å²) in [7, 11) is 0. The second-order valence-corrected chi connectivity index (χ2v) is 6.07. The molecule has 28 heavy (non-hydrogen) atoms. The fourth-order valence-electron chi connectivity index (χ4n) is 2.62. The summed E-state index contributed by atoms with van der Waals surface area (Å²) < 4.78 is 7.33. The van der Waals surface area contributed by atoms with Crippen LogP contribution in [0.25, 0.3) is 0 Å². The molecule has 0 aliphatic rings. The Kier molecular flexibility index (Phi) is 5.09. The van der Waals surface area contributed by atoms with Crippen molar-refractivity contribution in [2.24, 2.45) is 0 Å². The van der Waals surface area contributed by atoms with Crippen molar-refractivity contribution in [3.63, 3.8) is 0 Å². The van der Waals surface area contributed by atoms with E-state index < -0.39 is 4.92 Å². The first-order chi connectivity index (χ1) is 13.4. The standard InChI is InChI=1S/C20H16N4O4/c1-13-3-4-14(2)23(13)22-20(25)15-5-8-18(9-6-15)28-19-10-7-17(24(26)27)11-16(19)12-21/h3-11H,1-2H3,(H,22,25). The van der Waals surface area contributed by atoms with Crippen LogP contribution < -0.4 is 10.2 Å². The molecule has 1 aromatic heterocycles. The van der Waals surface area contributed by atoms with Gasteiger partial charge in [-0.15, -0.1) is 0 Å². The number of nitrogens with one attached hydrogen (secondary N) is 1. The van der Waals surface area contributed by atoms with E-state index in [9.17, 15) is 20.2 Å². The molecule has 0 fully saturated rings. The molecule has 0 unspecified atom stereocenters. The van der Waals surface area contributed by atoms with Crippen LogP contribution in [0, 0.1) is 35.3 Å². The van der Waals surface area contributed by atoms with Crippen LogP contribution in [0.2, 0.25) is 0 Å². The molecule has 3 aromatic rings. The van der Waals surface area contributed by atoms with Crippen molar-refractivity contribution in [3.8, 4) is 17.6 Å². The lowest BCUT2D eigenvalue weighted by Crippen LogP contribution is -2.24. The monoisotopic (exact) mass is 376 g/mol. The Morgan fingerprint density at radius 1 is 1.11 bits per heavy atom. The predicted octanol–water partition coefficient (Wildman–Crippen LogP) is 4.06. The smallest absolute Gasteiger partial charge is 0.271 e. The maximum Gasteiger partial charge on any atom is 0.271 e. The van der Waals surface area contributed by atoms with Gasteiger partial charge in [-0.05, 0) is 56.3 Å². The minimum absolute atomic E-state index is 0.0505. The highest BCUT2D eigenvalue weighted by Crippen LogP contribution is 2.28. The Bertz CT molecular complexity index is 1070. The molecular weight excluding hydrogens is 360 g/mol. The zero-order valence-corrected chi connectivity index (χ0v) is 15.2. The summed E-state index contributed by atoms with van der Waals surface area (Å²) in [5.74, 6) is 0.320. The van der Waals surface area contributed by atoms with E-state index in [1.165, 1.54) is 12.1 Å². The number of aromatic nitrogens is 1. The maximum absolute atomic E-state index is 12.4. The minimum atomic E-state index is -0.577. The van der Waals surface area contributed by atoms with Crippen LogP contribution in [0.15, 0.2) is 54.6 Å². The summed E-state index contributed by atoms with van der Waals surface area (Å²) in [4.78, 5) is 22.6. The van der Waals surface area contributed by atoms with Crippen LogP contribution >= 0.6 is 0 Å². The first-order valence-corrected chi connectivity index (χ1v) is 8.32. The molecule has 0 bridgehead atoms. The molecule has 0 aliphatic carbocycles. The number of nitro benzene ring substituents is 1. The Hall–Kier alpha value is -4.12. The number of nitrogens with zero attached hydrogens (tertiary/aromatic N) is 3. The number of rotatable bonds is 5. The van der Waals surface area contributed by atoms with Gasteiger partial charge in [-0.3, -0.25) is 25.0 Å². The van der Waals surface area contributed by atoms with Crippen molar-refractivity contribution >= 4 is 11.6 Å². The molecule has 1 amide bonds. The van der Waals surface area contributed by atoms with Gasteiger partial charge in [-0.25, -0.2) is 0 Å². The van der Waals surface area contributed by atoms with E-state index in [1.807, 2.05) is 32.0 Å². The van der Waals surface area contributed by atoms with Crippen LogP contribution in [0.1, 0.15) is 27.3 Å². The van der Waals surface area contributed by atoms with E-state index in [2.05, 4.69) is 5.43 Å². The van der Waals surface area contributed by atoms with Crippen molar-refractivity contribution in [3.05, 3.63) is 87.2 Å². The van der Waals surface area contributed by atoms with Crippen molar-refractivity contribution in [1.82, 2.24) is 4.68 Å². The quantitative estimate of drug-likeness (QED) is 0.533. The number of ether oxygens (including phenoxy) is 1. The first kappa shape index (κ1) is 18.7. The lowest BCUT2D eigenvalue weighted by molar-refractivity contribution is -0.384. The summed E-state index contributed by atoms with van der Waals surface area (Å²) in [5, 5.41) is 20.0. The van der Waals surface area contributed by atoms with Crippen LogP contribution in [0.3, 0.4) is 0 Å². The van der Waals surface area contributed by atoms with Gasteiger partial charge in [0.05, 0.1) is 4.92 Å². The molecule has 1 N–H and O–H groups in total. The average Bonchev–Trinajstić information content (AvgIpc) is 3.00. The lowest BCUT2D eigenvalue weighted by Gasteiger charge is -2.12. The van der Waals surface area contributed by atoms with Crippen LogP contribution in [-0.2, 0) is 0 Å². The third kappa shape index (κ3) is 3.83. The number of nitro groups is 1. The van der Waals surface area contributed by atoms with E-state index in [-0.39, 0.29) is 22.9 Å². The zero-order valence-electron chi connectivity index (χ0n) is 15.2. The van der Waals surface area contributed by atoms with Gasteiger partial charge < -0.3 is 4.74 Å². The van der Waals surface area contributed by atoms with E-state index in [4.69, 9.17) is 4.74 Å². The number of hydrogen-bond acceptors (Lipinski definition) is 5. The fourth-order valence-corrected chi connectivity index (χ4v) is 2.62. The molecule has 1 heterocycles. The fraction of sp³-hybridized carbons (Fsp3) is 0.100. The van der Waals surface area contributed by atoms with Gasteiger partial charge >= 0.3 is 0 Å². The largest absolute Gasteiger partial charge is 0.456 e. The van der Waals surface area contributed by atoms with E-state index in [0.717, 1.165) is 17.5 Å². The van der Waals surface area contributed by atoms with E-state index in [1.54, 1.807) is 28.9 Å². The number of nitriles is 1. The topological polar surface area (TPSA) is 110 Å². The Balaban J connectivity index is 1.75. The number of hydrogen-bond donors (Lipinski definition) is 1.